The Kier molecular flexibility index (Phi) is 2.00. The maximum Gasteiger partial charge on any atom is 0.221 e. The summed E-state index contributed by atoms with van der Waals surface area (Å²) in [5.74, 6) is 0.592. The van der Waals surface area contributed by atoms with Gasteiger partial charge in [0, 0.05) is 11.9 Å². The van der Waals surface area contributed by atoms with Crippen molar-refractivity contribution >= 4 is 0 Å². The largest absolute Gasteiger partial charge is 0.314 e. The number of hydrogen-bond donors (Lipinski definition) is 1. The smallest absolute Gasteiger partial charge is 0.221 e. The number of aromatic amines is 1. The number of aromatic nitrogens is 5. The molecule has 0 amide bonds. The van der Waals surface area contributed by atoms with E-state index in [1.165, 1.54) is 0 Å². The van der Waals surface area contributed by atoms with Gasteiger partial charge in [-0.15, -0.1) is 10.2 Å². The first-order chi connectivity index (χ1) is 7.95. The minimum atomic E-state index is 0.592. The Morgan fingerprint density at radius 3 is 2.62 bits per heavy atom. The van der Waals surface area contributed by atoms with Gasteiger partial charge in [-0.05, 0) is 29.5 Å². The van der Waals surface area contributed by atoms with E-state index in [1.807, 2.05) is 53.2 Å². The molecule has 0 aliphatic rings. The molecule has 0 spiro atoms. The molecule has 0 aliphatic heterocycles. The number of benzene rings is 1. The fourth-order valence-corrected chi connectivity index (χ4v) is 1.65. The first-order valence-corrected chi connectivity index (χ1v) is 4.92. The van der Waals surface area contributed by atoms with Gasteiger partial charge in [-0.2, -0.15) is 5.21 Å². The first-order valence-electron chi connectivity index (χ1n) is 4.92. The number of para-hydroxylation sites is 1. The van der Waals surface area contributed by atoms with Crippen LogP contribution >= 0.6 is 0 Å². The summed E-state index contributed by atoms with van der Waals surface area (Å²) in [5, 5.41) is 14.0. The first kappa shape index (κ1) is 8.84. The van der Waals surface area contributed by atoms with E-state index < -0.39 is 0 Å². The molecule has 5 nitrogen and oxygen atoms in total. The number of hydrogen-bond acceptors (Lipinski definition) is 3. The Labute approximate surface area is 91.7 Å². The van der Waals surface area contributed by atoms with Gasteiger partial charge in [-0.25, -0.2) is 0 Å². The highest BCUT2D eigenvalue weighted by Crippen LogP contribution is 2.19. The third-order valence-corrected chi connectivity index (χ3v) is 2.36. The predicted molar refractivity (Wildman–Crippen MR) is 58.9 cm³/mol. The summed E-state index contributed by atoms with van der Waals surface area (Å²) in [6.45, 7) is 0. The van der Waals surface area contributed by atoms with Gasteiger partial charge in [-0.1, -0.05) is 18.2 Å². The van der Waals surface area contributed by atoms with Crippen molar-refractivity contribution in [2.45, 2.75) is 0 Å². The molecule has 1 N–H and O–H groups in total. The molecule has 0 unspecified atom stereocenters. The molecule has 2 heterocycles. The lowest BCUT2D eigenvalue weighted by Crippen LogP contribution is -1.95. The second kappa shape index (κ2) is 3.62. The van der Waals surface area contributed by atoms with Crippen LogP contribution in [0.1, 0.15) is 0 Å². The van der Waals surface area contributed by atoms with Gasteiger partial charge in [0.25, 0.3) is 0 Å². The molecule has 5 heteroatoms. The maximum atomic E-state index is 3.98. The molecular weight excluding hydrogens is 202 g/mol. The van der Waals surface area contributed by atoms with E-state index in [2.05, 4.69) is 20.6 Å². The molecule has 0 atom stereocenters. The van der Waals surface area contributed by atoms with Crippen LogP contribution in [-0.4, -0.2) is 25.2 Å². The molecule has 1 aromatic carbocycles. The molecule has 3 rings (SSSR count). The van der Waals surface area contributed by atoms with Gasteiger partial charge in [0.2, 0.25) is 5.82 Å². The number of tetrazole rings is 1. The molecule has 0 radical (unpaired) electrons. The van der Waals surface area contributed by atoms with Crippen LogP contribution in [0.2, 0.25) is 0 Å². The van der Waals surface area contributed by atoms with Crippen molar-refractivity contribution in [3.05, 3.63) is 48.7 Å². The van der Waals surface area contributed by atoms with Gasteiger partial charge in [0.1, 0.15) is 0 Å². The Morgan fingerprint density at radius 2 is 1.88 bits per heavy atom. The summed E-state index contributed by atoms with van der Waals surface area (Å²) < 4.78 is 2.02. The van der Waals surface area contributed by atoms with E-state index in [0.29, 0.717) is 5.82 Å². The average molecular weight is 211 g/mol. The van der Waals surface area contributed by atoms with E-state index in [1.54, 1.807) is 0 Å². The molecule has 16 heavy (non-hydrogen) atoms. The zero-order valence-electron chi connectivity index (χ0n) is 8.41. The van der Waals surface area contributed by atoms with Crippen molar-refractivity contribution in [1.82, 2.24) is 25.2 Å². The van der Waals surface area contributed by atoms with Crippen molar-refractivity contribution in [3.8, 4) is 17.2 Å². The minimum Gasteiger partial charge on any atom is -0.314 e. The summed E-state index contributed by atoms with van der Waals surface area (Å²) in [5.41, 5.74) is 1.99. The quantitative estimate of drug-likeness (QED) is 0.701. The van der Waals surface area contributed by atoms with Crippen LogP contribution < -0.4 is 0 Å². The summed E-state index contributed by atoms with van der Waals surface area (Å²) in [6, 6.07) is 14.0. The number of nitrogens with one attached hydrogen (secondary N) is 1. The zero-order chi connectivity index (χ0) is 10.8. The number of H-pyrrole nitrogens is 1. The van der Waals surface area contributed by atoms with Crippen LogP contribution in [0.15, 0.2) is 48.7 Å². The van der Waals surface area contributed by atoms with E-state index >= 15 is 0 Å². The fraction of sp³-hybridized carbons (Fsp3) is 0. The monoisotopic (exact) mass is 211 g/mol. The van der Waals surface area contributed by atoms with Gasteiger partial charge < -0.3 is 4.57 Å². The van der Waals surface area contributed by atoms with Crippen LogP contribution in [0.25, 0.3) is 17.2 Å². The van der Waals surface area contributed by atoms with Crippen LogP contribution in [-0.2, 0) is 0 Å². The van der Waals surface area contributed by atoms with E-state index in [4.69, 9.17) is 0 Å². The highest BCUT2D eigenvalue weighted by molar-refractivity contribution is 5.54. The molecule has 0 saturated heterocycles. The maximum absolute atomic E-state index is 3.98. The van der Waals surface area contributed by atoms with Crippen LogP contribution in [0, 0.1) is 0 Å². The molecule has 0 saturated carbocycles. The summed E-state index contributed by atoms with van der Waals surface area (Å²) in [6.07, 6.45) is 1.97. The molecule has 3 aromatic rings. The number of rotatable bonds is 2. The normalized spacial score (nSPS) is 10.5. The van der Waals surface area contributed by atoms with E-state index in [0.717, 1.165) is 11.4 Å². The van der Waals surface area contributed by atoms with Crippen LogP contribution in [0.4, 0.5) is 0 Å². The van der Waals surface area contributed by atoms with Crippen molar-refractivity contribution in [3.63, 3.8) is 0 Å². The molecular formula is C11H9N5. The molecule has 2 aromatic heterocycles. The Bertz CT molecular complexity index is 567. The van der Waals surface area contributed by atoms with Gasteiger partial charge >= 0.3 is 0 Å². The Balaban J connectivity index is 2.14. The fourth-order valence-electron chi connectivity index (χ4n) is 1.65. The Hall–Kier alpha value is -2.43. The van der Waals surface area contributed by atoms with E-state index in [-0.39, 0.29) is 0 Å². The van der Waals surface area contributed by atoms with Crippen LogP contribution in [0.3, 0.4) is 0 Å². The third kappa shape index (κ3) is 1.38. The summed E-state index contributed by atoms with van der Waals surface area (Å²) >= 11 is 0. The summed E-state index contributed by atoms with van der Waals surface area (Å²) in [7, 11) is 0. The highest BCUT2D eigenvalue weighted by atomic mass is 15.5. The lowest BCUT2D eigenvalue weighted by atomic mass is 10.3. The SMILES string of the molecule is c1ccc(-n2cccc2-c2nn[nH]n2)cc1. The van der Waals surface area contributed by atoms with E-state index in [9.17, 15) is 0 Å². The Morgan fingerprint density at radius 1 is 1.00 bits per heavy atom. The zero-order valence-corrected chi connectivity index (χ0v) is 8.41. The predicted octanol–water partition coefficient (Wildman–Crippen LogP) is 1.66. The summed E-state index contributed by atoms with van der Waals surface area (Å²) in [4.78, 5) is 0. The second-order valence-corrected chi connectivity index (χ2v) is 3.33. The van der Waals surface area contributed by atoms with Crippen molar-refractivity contribution in [2.24, 2.45) is 0 Å². The molecule has 78 valence electrons. The van der Waals surface area contributed by atoms with Gasteiger partial charge in [0.15, 0.2) is 0 Å². The van der Waals surface area contributed by atoms with Gasteiger partial charge in [-0.3, -0.25) is 0 Å². The van der Waals surface area contributed by atoms with Crippen molar-refractivity contribution in [1.29, 1.82) is 0 Å². The average Bonchev–Trinajstić information content (AvgIpc) is 3.01. The highest BCUT2D eigenvalue weighted by Gasteiger charge is 2.08. The van der Waals surface area contributed by atoms with Crippen molar-refractivity contribution < 1.29 is 0 Å². The third-order valence-electron chi connectivity index (χ3n) is 2.36. The van der Waals surface area contributed by atoms with Gasteiger partial charge in [0.05, 0.1) is 5.69 Å². The standard InChI is InChI=1S/C11H9N5/c1-2-5-9(6-3-1)16-8-4-7-10(16)11-12-14-15-13-11/h1-8H,(H,12,13,14,15). The second-order valence-electron chi connectivity index (χ2n) is 3.33. The lowest BCUT2D eigenvalue weighted by molar-refractivity contribution is 0.881. The topological polar surface area (TPSA) is 59.4 Å². The lowest BCUT2D eigenvalue weighted by Gasteiger charge is -2.05. The molecule has 0 bridgehead atoms. The van der Waals surface area contributed by atoms with Crippen molar-refractivity contribution in [2.75, 3.05) is 0 Å². The molecule has 0 aliphatic carbocycles. The molecule has 0 fully saturated rings. The minimum absolute atomic E-state index is 0.592. The van der Waals surface area contributed by atoms with Crippen LogP contribution in [0.5, 0.6) is 0 Å². The number of nitrogens with zero attached hydrogens (tertiary/aromatic N) is 4.